The summed E-state index contributed by atoms with van der Waals surface area (Å²) in [5.41, 5.74) is 14.8. The van der Waals surface area contributed by atoms with Gasteiger partial charge >= 0.3 is 0 Å². The fraction of sp³-hybridized carbons (Fsp3) is 0.176. The van der Waals surface area contributed by atoms with Crippen LogP contribution in [0.3, 0.4) is 0 Å². The zero-order valence-electron chi connectivity index (χ0n) is 30.2. The average Bonchev–Trinajstić information content (AvgIpc) is 3.67. The number of furan rings is 1. The Labute approximate surface area is 312 Å². The summed E-state index contributed by atoms with van der Waals surface area (Å²) >= 11 is 0. The molecule has 6 aromatic rings. The summed E-state index contributed by atoms with van der Waals surface area (Å²) in [6, 6.07) is 49.2. The number of hydrogen-bond donors (Lipinski definition) is 0. The third kappa shape index (κ3) is 5.07. The molecule has 2 nitrogen and oxygen atoms in total. The third-order valence-corrected chi connectivity index (χ3v) is 12.1. The fourth-order valence-corrected chi connectivity index (χ4v) is 9.87. The Kier molecular flexibility index (Phi) is 7.79. The maximum Gasteiger partial charge on any atom is 0.135 e. The molecule has 0 saturated carbocycles. The van der Waals surface area contributed by atoms with Crippen molar-refractivity contribution in [3.05, 3.63) is 202 Å². The Hall–Kier alpha value is -5.86. The van der Waals surface area contributed by atoms with E-state index in [4.69, 9.17) is 4.42 Å². The standard InChI is InChI=1S/C51H43NO/c1-35-17-15-26-40(36-18-5-2-6-19-36)47(33-35)52(38-22-9-4-10-23-38)39-31-32-48-43(34-39)50-46(29-16-30-49(50)53-48)51(37-20-7-3-8-21-37)44-27-13-11-24-41(44)42-25-12-14-28-45(42)51/h2-14,18-27,30-35,45H,15-17,28-29H2,1H3. The first-order valence-electron chi connectivity index (χ1n) is 19.3. The number of fused-ring (bicyclic) bond motifs is 6. The quantitative estimate of drug-likeness (QED) is 0.174. The van der Waals surface area contributed by atoms with E-state index in [-0.39, 0.29) is 5.41 Å². The van der Waals surface area contributed by atoms with Crippen LogP contribution >= 0.6 is 0 Å². The van der Waals surface area contributed by atoms with E-state index in [1.807, 2.05) is 0 Å². The molecule has 0 spiro atoms. The minimum atomic E-state index is -0.314. The number of hydrogen-bond acceptors (Lipinski definition) is 2. The maximum absolute atomic E-state index is 6.85. The van der Waals surface area contributed by atoms with Crippen LogP contribution < -0.4 is 15.5 Å². The molecule has 258 valence electrons. The summed E-state index contributed by atoms with van der Waals surface area (Å²) in [7, 11) is 0. The van der Waals surface area contributed by atoms with Gasteiger partial charge in [0, 0.05) is 44.6 Å². The van der Waals surface area contributed by atoms with Gasteiger partial charge in [0.25, 0.3) is 0 Å². The van der Waals surface area contributed by atoms with Crippen LogP contribution in [0.15, 0.2) is 174 Å². The Morgan fingerprint density at radius 3 is 2.32 bits per heavy atom. The van der Waals surface area contributed by atoms with Gasteiger partial charge in [-0.15, -0.1) is 0 Å². The number of nitrogens with zero attached hydrogens (tertiary/aromatic N) is 1. The summed E-state index contributed by atoms with van der Waals surface area (Å²) in [6.45, 7) is 2.35. The van der Waals surface area contributed by atoms with Crippen molar-refractivity contribution < 1.29 is 4.42 Å². The molecule has 53 heavy (non-hydrogen) atoms. The average molecular weight is 686 g/mol. The fourth-order valence-electron chi connectivity index (χ4n) is 9.87. The molecule has 0 bridgehead atoms. The first-order chi connectivity index (χ1) is 26.2. The van der Waals surface area contributed by atoms with Crippen LogP contribution in [-0.2, 0) is 5.41 Å². The number of anilines is 2. The van der Waals surface area contributed by atoms with E-state index in [9.17, 15) is 0 Å². The molecule has 3 atom stereocenters. The monoisotopic (exact) mass is 685 g/mol. The molecule has 3 unspecified atom stereocenters. The van der Waals surface area contributed by atoms with Crippen LogP contribution in [0.2, 0.25) is 0 Å². The summed E-state index contributed by atoms with van der Waals surface area (Å²) < 4.78 is 6.85. The van der Waals surface area contributed by atoms with Gasteiger partial charge in [0.2, 0.25) is 0 Å². The topological polar surface area (TPSA) is 16.4 Å². The summed E-state index contributed by atoms with van der Waals surface area (Å²) in [5.74, 6) is 0.743. The second kappa shape index (κ2) is 13.0. The van der Waals surface area contributed by atoms with Gasteiger partial charge in [-0.05, 0) is 108 Å². The van der Waals surface area contributed by atoms with Crippen LogP contribution in [0.25, 0.3) is 33.8 Å². The van der Waals surface area contributed by atoms with E-state index in [0.29, 0.717) is 11.8 Å². The van der Waals surface area contributed by atoms with Crippen molar-refractivity contribution in [1.29, 1.82) is 0 Å². The highest BCUT2D eigenvalue weighted by atomic mass is 16.3. The highest BCUT2D eigenvalue weighted by molar-refractivity contribution is 5.95. The van der Waals surface area contributed by atoms with Gasteiger partial charge in [0.1, 0.15) is 11.0 Å². The predicted molar refractivity (Wildman–Crippen MR) is 221 cm³/mol. The number of rotatable bonds is 6. The van der Waals surface area contributed by atoms with E-state index in [1.54, 1.807) is 0 Å². The van der Waals surface area contributed by atoms with Gasteiger partial charge < -0.3 is 9.32 Å². The van der Waals surface area contributed by atoms with E-state index >= 15 is 0 Å². The van der Waals surface area contributed by atoms with Crippen molar-refractivity contribution in [3.63, 3.8) is 0 Å². The SMILES string of the molecule is CC1C=C(N(c2ccccc2)c2ccc3oc4c(c3c2)=C(C2(c3ccccc3)c3ccccc3C3=CC=CCC32)CCC=4)C(c2ccccc2)=CCC1. The van der Waals surface area contributed by atoms with Gasteiger partial charge in [0.15, 0.2) is 0 Å². The highest BCUT2D eigenvalue weighted by Crippen LogP contribution is 2.61. The van der Waals surface area contributed by atoms with Crippen molar-refractivity contribution in [3.8, 4) is 0 Å². The molecule has 0 aliphatic heterocycles. The largest absolute Gasteiger partial charge is 0.456 e. The first-order valence-corrected chi connectivity index (χ1v) is 19.3. The lowest BCUT2D eigenvalue weighted by atomic mass is 9.61. The zero-order valence-corrected chi connectivity index (χ0v) is 30.2. The van der Waals surface area contributed by atoms with Crippen molar-refractivity contribution in [2.45, 2.75) is 44.4 Å². The van der Waals surface area contributed by atoms with Crippen LogP contribution in [0.5, 0.6) is 0 Å². The summed E-state index contributed by atoms with van der Waals surface area (Å²) in [6.07, 6.45) is 19.4. The number of allylic oxidation sites excluding steroid dienone is 7. The minimum absolute atomic E-state index is 0.304. The summed E-state index contributed by atoms with van der Waals surface area (Å²) in [5, 5.41) is 2.46. The maximum atomic E-state index is 6.85. The van der Waals surface area contributed by atoms with Crippen LogP contribution in [0, 0.1) is 11.8 Å². The second-order valence-electron chi connectivity index (χ2n) is 15.1. The third-order valence-electron chi connectivity index (χ3n) is 12.1. The highest BCUT2D eigenvalue weighted by Gasteiger charge is 2.53. The van der Waals surface area contributed by atoms with Crippen molar-refractivity contribution >= 4 is 45.1 Å². The molecule has 4 aliphatic rings. The molecule has 0 radical (unpaired) electrons. The van der Waals surface area contributed by atoms with Crippen LogP contribution in [0.4, 0.5) is 11.4 Å². The van der Waals surface area contributed by atoms with Gasteiger partial charge in [0.05, 0.1) is 0 Å². The van der Waals surface area contributed by atoms with Crippen LogP contribution in [-0.4, -0.2) is 0 Å². The van der Waals surface area contributed by atoms with Crippen LogP contribution in [0.1, 0.15) is 61.3 Å². The molecule has 0 N–H and O–H groups in total. The lowest BCUT2D eigenvalue weighted by molar-refractivity contribution is 0.497. The Morgan fingerprint density at radius 2 is 1.49 bits per heavy atom. The Morgan fingerprint density at radius 1 is 0.736 bits per heavy atom. The lowest BCUT2D eigenvalue weighted by Crippen LogP contribution is -2.41. The Bertz CT molecular complexity index is 2600. The normalized spacial score (nSPS) is 21.8. The molecule has 0 fully saturated rings. The predicted octanol–water partition coefficient (Wildman–Crippen LogP) is 11.7. The van der Waals surface area contributed by atoms with E-state index in [2.05, 4.69) is 182 Å². The lowest BCUT2D eigenvalue weighted by Gasteiger charge is -2.41. The van der Waals surface area contributed by atoms with E-state index < -0.39 is 0 Å². The molecule has 5 aromatic carbocycles. The van der Waals surface area contributed by atoms with Gasteiger partial charge in [-0.2, -0.15) is 0 Å². The Balaban J connectivity index is 1.27. The van der Waals surface area contributed by atoms with Crippen molar-refractivity contribution in [1.82, 2.24) is 0 Å². The minimum Gasteiger partial charge on any atom is -0.456 e. The van der Waals surface area contributed by atoms with Crippen molar-refractivity contribution in [2.24, 2.45) is 11.8 Å². The van der Waals surface area contributed by atoms with Crippen molar-refractivity contribution in [2.75, 3.05) is 4.90 Å². The van der Waals surface area contributed by atoms with E-state index in [0.717, 1.165) is 54.5 Å². The van der Waals surface area contributed by atoms with Gasteiger partial charge in [-0.3, -0.25) is 0 Å². The molecular weight excluding hydrogens is 643 g/mol. The van der Waals surface area contributed by atoms with E-state index in [1.165, 1.54) is 55.3 Å². The van der Waals surface area contributed by atoms with Gasteiger partial charge in [-0.25, -0.2) is 0 Å². The number of para-hydroxylation sites is 1. The molecule has 10 rings (SSSR count). The zero-order chi connectivity index (χ0) is 35.4. The molecule has 0 saturated heterocycles. The summed E-state index contributed by atoms with van der Waals surface area (Å²) in [4.78, 5) is 2.48. The number of benzene rings is 5. The molecular formula is C51H43NO. The smallest absolute Gasteiger partial charge is 0.135 e. The molecule has 1 heterocycles. The second-order valence-corrected chi connectivity index (χ2v) is 15.1. The first kappa shape index (κ1) is 31.8. The molecule has 1 aromatic heterocycles. The molecule has 0 amide bonds. The molecule has 4 aliphatic carbocycles. The van der Waals surface area contributed by atoms with Gasteiger partial charge in [-0.1, -0.05) is 140 Å². The molecule has 2 heteroatoms.